The highest BCUT2D eigenvalue weighted by molar-refractivity contribution is 5.87. The largest absolute Gasteiger partial charge is 0.457 e. The monoisotopic (exact) mass is 230 g/mol. The summed E-state index contributed by atoms with van der Waals surface area (Å²) in [7, 11) is 0. The Morgan fingerprint density at radius 3 is 2.69 bits per heavy atom. The van der Waals surface area contributed by atoms with Crippen molar-refractivity contribution in [2.75, 3.05) is 19.8 Å². The Morgan fingerprint density at radius 2 is 2.19 bits per heavy atom. The number of hydrogen-bond donors (Lipinski definition) is 1. The molecular weight excluding hydrogens is 208 g/mol. The molecule has 0 aromatic heterocycles. The second-order valence-electron chi connectivity index (χ2n) is 3.75. The van der Waals surface area contributed by atoms with Gasteiger partial charge >= 0.3 is 5.97 Å². The van der Waals surface area contributed by atoms with Crippen LogP contribution < -0.4 is 0 Å². The quantitative estimate of drug-likeness (QED) is 0.372. The van der Waals surface area contributed by atoms with Gasteiger partial charge in [-0.1, -0.05) is 19.9 Å². The number of unbranched alkanes of at least 4 members (excludes halogenated alkanes) is 1. The van der Waals surface area contributed by atoms with Gasteiger partial charge in [-0.25, -0.2) is 4.79 Å². The Kier molecular flexibility index (Phi) is 8.85. The van der Waals surface area contributed by atoms with Gasteiger partial charge in [-0.05, 0) is 19.8 Å². The molecule has 16 heavy (non-hydrogen) atoms. The van der Waals surface area contributed by atoms with Crippen LogP contribution in [0.25, 0.3) is 0 Å². The van der Waals surface area contributed by atoms with Gasteiger partial charge in [0.15, 0.2) is 0 Å². The molecule has 0 bridgehead atoms. The molecule has 1 unspecified atom stereocenters. The fourth-order valence-corrected chi connectivity index (χ4v) is 1.14. The van der Waals surface area contributed by atoms with Crippen LogP contribution >= 0.6 is 0 Å². The van der Waals surface area contributed by atoms with Crippen LogP contribution in [0.3, 0.4) is 0 Å². The third-order valence-electron chi connectivity index (χ3n) is 2.04. The first kappa shape index (κ1) is 15.1. The van der Waals surface area contributed by atoms with E-state index in [1.165, 1.54) is 0 Å². The lowest BCUT2D eigenvalue weighted by atomic mass is 10.2. The lowest BCUT2D eigenvalue weighted by molar-refractivity contribution is -0.148. The molecule has 0 saturated heterocycles. The van der Waals surface area contributed by atoms with Gasteiger partial charge in [-0.3, -0.25) is 0 Å². The van der Waals surface area contributed by atoms with Crippen molar-refractivity contribution in [3.05, 3.63) is 12.2 Å². The van der Waals surface area contributed by atoms with E-state index in [4.69, 9.17) is 14.6 Å². The number of rotatable bonds is 9. The first-order valence-corrected chi connectivity index (χ1v) is 5.66. The number of esters is 1. The molecule has 0 amide bonds. The van der Waals surface area contributed by atoms with Gasteiger partial charge in [0.25, 0.3) is 0 Å². The SMILES string of the molecule is C=C(C)C(=O)OC(CCCC)COCCO. The molecule has 0 aromatic rings. The maximum atomic E-state index is 11.3. The third kappa shape index (κ3) is 7.43. The van der Waals surface area contributed by atoms with Gasteiger partial charge in [0.1, 0.15) is 6.10 Å². The number of aliphatic hydroxyl groups is 1. The fraction of sp³-hybridized carbons (Fsp3) is 0.750. The second-order valence-corrected chi connectivity index (χ2v) is 3.75. The van der Waals surface area contributed by atoms with Crippen molar-refractivity contribution in [1.82, 2.24) is 0 Å². The molecule has 4 nitrogen and oxygen atoms in total. The van der Waals surface area contributed by atoms with Crippen molar-refractivity contribution in [3.63, 3.8) is 0 Å². The summed E-state index contributed by atoms with van der Waals surface area (Å²) in [6.07, 6.45) is 2.56. The van der Waals surface area contributed by atoms with Gasteiger partial charge in [0.05, 0.1) is 19.8 Å². The maximum Gasteiger partial charge on any atom is 0.333 e. The van der Waals surface area contributed by atoms with Gasteiger partial charge in [-0.15, -0.1) is 0 Å². The molecule has 94 valence electrons. The van der Waals surface area contributed by atoms with Gasteiger partial charge in [0, 0.05) is 5.57 Å². The van der Waals surface area contributed by atoms with E-state index in [0.717, 1.165) is 19.3 Å². The molecule has 0 aliphatic rings. The lowest BCUT2D eigenvalue weighted by Gasteiger charge is -2.17. The standard InChI is InChI=1S/C12H22O4/c1-4-5-6-11(9-15-8-7-13)16-12(14)10(2)3/h11,13H,2,4-9H2,1,3H3. The van der Waals surface area contributed by atoms with Crippen molar-refractivity contribution in [3.8, 4) is 0 Å². The molecule has 0 aliphatic carbocycles. The predicted octanol–water partition coefficient (Wildman–Crippen LogP) is 1.67. The highest BCUT2D eigenvalue weighted by Crippen LogP contribution is 2.08. The molecule has 0 heterocycles. The molecule has 0 fully saturated rings. The van der Waals surface area contributed by atoms with E-state index < -0.39 is 0 Å². The molecule has 0 saturated carbocycles. The molecule has 0 aromatic carbocycles. The zero-order valence-corrected chi connectivity index (χ0v) is 10.2. The van der Waals surface area contributed by atoms with Crippen LogP contribution in [0.1, 0.15) is 33.1 Å². The van der Waals surface area contributed by atoms with Crippen molar-refractivity contribution >= 4 is 5.97 Å². The molecule has 0 radical (unpaired) electrons. The summed E-state index contributed by atoms with van der Waals surface area (Å²) in [6.45, 7) is 7.81. The predicted molar refractivity (Wildman–Crippen MR) is 62.1 cm³/mol. The Balaban J connectivity index is 3.98. The molecule has 1 atom stereocenters. The zero-order chi connectivity index (χ0) is 12.4. The van der Waals surface area contributed by atoms with Gasteiger partial charge in [0.2, 0.25) is 0 Å². The number of carbonyl (C=O) groups excluding carboxylic acids is 1. The Labute approximate surface area is 97.2 Å². The number of ether oxygens (including phenoxy) is 2. The molecule has 1 N–H and O–H groups in total. The number of aliphatic hydroxyl groups excluding tert-OH is 1. The van der Waals surface area contributed by atoms with Crippen molar-refractivity contribution < 1.29 is 19.4 Å². The lowest BCUT2D eigenvalue weighted by Crippen LogP contribution is -2.24. The van der Waals surface area contributed by atoms with Crippen LogP contribution in [0.15, 0.2) is 12.2 Å². The first-order chi connectivity index (χ1) is 7.61. The second kappa shape index (κ2) is 9.36. The van der Waals surface area contributed by atoms with E-state index in [-0.39, 0.29) is 25.3 Å². The Bertz CT molecular complexity index is 213. The summed E-state index contributed by atoms with van der Waals surface area (Å²) in [5.74, 6) is -0.381. The van der Waals surface area contributed by atoms with Crippen LogP contribution in [0.5, 0.6) is 0 Å². The summed E-state index contributed by atoms with van der Waals surface area (Å²) < 4.78 is 10.4. The smallest absolute Gasteiger partial charge is 0.333 e. The van der Waals surface area contributed by atoms with Gasteiger partial charge < -0.3 is 14.6 Å². The zero-order valence-electron chi connectivity index (χ0n) is 10.2. The summed E-state index contributed by atoms with van der Waals surface area (Å²) in [5, 5.41) is 8.58. The summed E-state index contributed by atoms with van der Waals surface area (Å²) >= 11 is 0. The van der Waals surface area contributed by atoms with Crippen LogP contribution in [0.4, 0.5) is 0 Å². The van der Waals surface area contributed by atoms with E-state index >= 15 is 0 Å². The first-order valence-electron chi connectivity index (χ1n) is 5.66. The maximum absolute atomic E-state index is 11.3. The third-order valence-corrected chi connectivity index (χ3v) is 2.04. The highest BCUT2D eigenvalue weighted by atomic mass is 16.6. The summed E-state index contributed by atoms with van der Waals surface area (Å²) in [5.41, 5.74) is 0.392. The van der Waals surface area contributed by atoms with Gasteiger partial charge in [-0.2, -0.15) is 0 Å². The number of hydrogen-bond acceptors (Lipinski definition) is 4. The van der Waals surface area contributed by atoms with Crippen LogP contribution in [-0.2, 0) is 14.3 Å². The summed E-state index contributed by atoms with van der Waals surface area (Å²) in [4.78, 5) is 11.3. The van der Waals surface area contributed by atoms with Crippen molar-refractivity contribution in [2.24, 2.45) is 0 Å². The minimum absolute atomic E-state index is 0.0189. The normalized spacial score (nSPS) is 12.2. The molecular formula is C12H22O4. The molecule has 0 spiro atoms. The molecule has 4 heteroatoms. The number of carbonyl (C=O) groups is 1. The van der Waals surface area contributed by atoms with E-state index in [2.05, 4.69) is 13.5 Å². The fourth-order valence-electron chi connectivity index (χ4n) is 1.14. The summed E-state index contributed by atoms with van der Waals surface area (Å²) in [6, 6.07) is 0. The topological polar surface area (TPSA) is 55.8 Å². The highest BCUT2D eigenvalue weighted by Gasteiger charge is 2.14. The van der Waals surface area contributed by atoms with Crippen LogP contribution in [0, 0.1) is 0 Å². The van der Waals surface area contributed by atoms with Crippen molar-refractivity contribution in [2.45, 2.75) is 39.2 Å². The Hall–Kier alpha value is -0.870. The molecule has 0 rings (SSSR count). The van der Waals surface area contributed by atoms with Crippen LogP contribution in [0.2, 0.25) is 0 Å². The van der Waals surface area contributed by atoms with Crippen LogP contribution in [-0.4, -0.2) is 37.0 Å². The average Bonchev–Trinajstić information content (AvgIpc) is 2.25. The minimum Gasteiger partial charge on any atom is -0.457 e. The van der Waals surface area contributed by atoms with E-state index in [1.807, 2.05) is 0 Å². The molecule has 0 aliphatic heterocycles. The van der Waals surface area contributed by atoms with Crippen molar-refractivity contribution in [1.29, 1.82) is 0 Å². The average molecular weight is 230 g/mol. The van der Waals surface area contributed by atoms with E-state index in [0.29, 0.717) is 12.2 Å². The van der Waals surface area contributed by atoms with E-state index in [9.17, 15) is 4.79 Å². The van der Waals surface area contributed by atoms with E-state index in [1.54, 1.807) is 6.92 Å². The minimum atomic E-state index is -0.381. The Morgan fingerprint density at radius 1 is 1.50 bits per heavy atom.